The van der Waals surface area contributed by atoms with E-state index in [1.54, 1.807) is 30.5 Å². The van der Waals surface area contributed by atoms with Gasteiger partial charge in [-0.25, -0.2) is 9.97 Å². The summed E-state index contributed by atoms with van der Waals surface area (Å²) in [6, 6.07) is 16.1. The molecule has 7 heteroatoms. The maximum Gasteiger partial charge on any atom is 0.270 e. The number of pyridine rings is 1. The third kappa shape index (κ3) is 4.14. The highest BCUT2D eigenvalue weighted by Crippen LogP contribution is 2.17. The Morgan fingerprint density at radius 2 is 1.88 bits per heavy atom. The Hall–Kier alpha value is -3.79. The zero-order valence-corrected chi connectivity index (χ0v) is 13.2. The largest absolute Gasteiger partial charge is 0.345 e. The van der Waals surface area contributed by atoms with Gasteiger partial charge in [0.15, 0.2) is 0 Å². The van der Waals surface area contributed by atoms with E-state index in [1.807, 2.05) is 18.2 Å². The molecule has 3 rings (SSSR count). The lowest BCUT2D eigenvalue weighted by atomic mass is 10.2. The summed E-state index contributed by atoms with van der Waals surface area (Å²) in [6.45, 7) is 0.309. The van der Waals surface area contributed by atoms with E-state index < -0.39 is 0 Å². The van der Waals surface area contributed by atoms with Crippen LogP contribution in [0.5, 0.6) is 0 Å². The van der Waals surface area contributed by atoms with Crippen molar-refractivity contribution in [2.75, 3.05) is 5.32 Å². The molecule has 7 nitrogen and oxygen atoms in total. The van der Waals surface area contributed by atoms with Crippen LogP contribution in [-0.2, 0) is 6.54 Å². The number of para-hydroxylation sites is 1. The second-order valence-corrected chi connectivity index (χ2v) is 5.05. The molecule has 0 fully saturated rings. The van der Waals surface area contributed by atoms with E-state index in [1.165, 1.54) is 12.3 Å². The van der Waals surface area contributed by atoms with Gasteiger partial charge in [0.25, 0.3) is 5.91 Å². The number of benzene rings is 1. The van der Waals surface area contributed by atoms with Crippen LogP contribution in [0, 0.1) is 11.3 Å². The summed E-state index contributed by atoms with van der Waals surface area (Å²) in [5, 5.41) is 14.8. The van der Waals surface area contributed by atoms with Gasteiger partial charge in [0, 0.05) is 12.4 Å². The number of nitrogens with zero attached hydrogens (tertiary/aromatic N) is 4. The first-order chi connectivity index (χ1) is 12.3. The summed E-state index contributed by atoms with van der Waals surface area (Å²) in [6.07, 6.45) is 3.15. The average Bonchev–Trinajstić information content (AvgIpc) is 2.67. The third-order valence-corrected chi connectivity index (χ3v) is 3.34. The lowest BCUT2D eigenvalue weighted by Gasteiger charge is -2.08. The van der Waals surface area contributed by atoms with Crippen molar-refractivity contribution in [1.29, 1.82) is 5.26 Å². The van der Waals surface area contributed by atoms with Gasteiger partial charge in [0.05, 0.1) is 23.5 Å². The van der Waals surface area contributed by atoms with Gasteiger partial charge in [-0.1, -0.05) is 18.2 Å². The van der Waals surface area contributed by atoms with Gasteiger partial charge in [-0.2, -0.15) is 5.26 Å². The van der Waals surface area contributed by atoms with Crippen LogP contribution in [0.2, 0.25) is 0 Å². The van der Waals surface area contributed by atoms with Crippen LogP contribution < -0.4 is 10.6 Å². The average molecular weight is 330 g/mol. The van der Waals surface area contributed by atoms with E-state index in [-0.39, 0.29) is 17.5 Å². The summed E-state index contributed by atoms with van der Waals surface area (Å²) >= 11 is 0. The van der Waals surface area contributed by atoms with Crippen LogP contribution in [0.4, 0.5) is 11.6 Å². The SMILES string of the molecule is N#Cc1ccccc1Nc1nccc(C(=O)NCc2ccccn2)n1. The van der Waals surface area contributed by atoms with Gasteiger partial charge in [0.2, 0.25) is 5.95 Å². The van der Waals surface area contributed by atoms with Crippen LogP contribution >= 0.6 is 0 Å². The third-order valence-electron chi connectivity index (χ3n) is 3.34. The van der Waals surface area contributed by atoms with Crippen molar-refractivity contribution >= 4 is 17.5 Å². The normalized spacial score (nSPS) is 9.88. The first kappa shape index (κ1) is 16.1. The minimum atomic E-state index is -0.329. The Kier molecular flexibility index (Phi) is 4.93. The van der Waals surface area contributed by atoms with Gasteiger partial charge in [0.1, 0.15) is 11.8 Å². The number of hydrogen-bond donors (Lipinski definition) is 2. The van der Waals surface area contributed by atoms with E-state index >= 15 is 0 Å². The molecule has 0 spiro atoms. The molecule has 0 bridgehead atoms. The number of aromatic nitrogens is 3. The highest BCUT2D eigenvalue weighted by atomic mass is 16.1. The summed E-state index contributed by atoms with van der Waals surface area (Å²) in [7, 11) is 0. The van der Waals surface area contributed by atoms with E-state index in [0.717, 1.165) is 5.69 Å². The van der Waals surface area contributed by atoms with Crippen molar-refractivity contribution in [3.8, 4) is 6.07 Å². The van der Waals surface area contributed by atoms with Crippen LogP contribution in [-0.4, -0.2) is 20.9 Å². The Morgan fingerprint density at radius 3 is 2.68 bits per heavy atom. The van der Waals surface area contributed by atoms with Crippen molar-refractivity contribution in [3.05, 3.63) is 77.9 Å². The fourth-order valence-electron chi connectivity index (χ4n) is 2.12. The molecule has 1 aromatic carbocycles. The highest BCUT2D eigenvalue weighted by molar-refractivity contribution is 5.92. The van der Waals surface area contributed by atoms with E-state index in [9.17, 15) is 4.79 Å². The molecule has 2 heterocycles. The molecule has 0 aliphatic rings. The number of nitrogens with one attached hydrogen (secondary N) is 2. The van der Waals surface area contributed by atoms with Gasteiger partial charge < -0.3 is 10.6 Å². The van der Waals surface area contributed by atoms with Crippen molar-refractivity contribution in [3.63, 3.8) is 0 Å². The van der Waals surface area contributed by atoms with Crippen LogP contribution in [0.3, 0.4) is 0 Å². The van der Waals surface area contributed by atoms with Gasteiger partial charge in [-0.05, 0) is 30.3 Å². The van der Waals surface area contributed by atoms with E-state index in [0.29, 0.717) is 17.8 Å². The minimum Gasteiger partial charge on any atom is -0.345 e. The predicted octanol–water partition coefficient (Wildman–Crippen LogP) is 2.42. The molecule has 0 radical (unpaired) electrons. The topological polar surface area (TPSA) is 104 Å². The molecule has 122 valence electrons. The molecule has 3 aromatic rings. The minimum absolute atomic E-state index is 0.225. The van der Waals surface area contributed by atoms with Crippen LogP contribution in [0.1, 0.15) is 21.7 Å². The van der Waals surface area contributed by atoms with E-state index in [4.69, 9.17) is 5.26 Å². The fraction of sp³-hybridized carbons (Fsp3) is 0.0556. The fourth-order valence-corrected chi connectivity index (χ4v) is 2.12. The lowest BCUT2D eigenvalue weighted by Crippen LogP contribution is -2.24. The Bertz CT molecular complexity index is 920. The zero-order valence-electron chi connectivity index (χ0n) is 13.2. The quantitative estimate of drug-likeness (QED) is 0.744. The number of nitriles is 1. The van der Waals surface area contributed by atoms with Crippen molar-refractivity contribution in [1.82, 2.24) is 20.3 Å². The van der Waals surface area contributed by atoms with Gasteiger partial charge in [-0.3, -0.25) is 9.78 Å². The molecule has 0 aliphatic carbocycles. The second-order valence-electron chi connectivity index (χ2n) is 5.05. The number of amides is 1. The summed E-state index contributed by atoms with van der Waals surface area (Å²) in [4.78, 5) is 24.7. The Balaban J connectivity index is 1.71. The number of carbonyl (C=O) groups excluding carboxylic acids is 1. The van der Waals surface area contributed by atoms with Gasteiger partial charge >= 0.3 is 0 Å². The number of anilines is 2. The zero-order chi connectivity index (χ0) is 17.5. The molecule has 0 unspecified atom stereocenters. The molecule has 25 heavy (non-hydrogen) atoms. The van der Waals surface area contributed by atoms with Crippen molar-refractivity contribution in [2.45, 2.75) is 6.54 Å². The predicted molar refractivity (Wildman–Crippen MR) is 91.9 cm³/mol. The number of carbonyl (C=O) groups is 1. The smallest absolute Gasteiger partial charge is 0.270 e. The van der Waals surface area contributed by atoms with Gasteiger partial charge in [-0.15, -0.1) is 0 Å². The maximum atomic E-state index is 12.2. The monoisotopic (exact) mass is 330 g/mol. The Morgan fingerprint density at radius 1 is 1.04 bits per heavy atom. The molecule has 0 saturated heterocycles. The molecule has 1 amide bonds. The van der Waals surface area contributed by atoms with Crippen LogP contribution in [0.25, 0.3) is 0 Å². The molecular weight excluding hydrogens is 316 g/mol. The summed E-state index contributed by atoms with van der Waals surface area (Å²) < 4.78 is 0. The summed E-state index contributed by atoms with van der Waals surface area (Å²) in [5.41, 5.74) is 2.03. The maximum absolute atomic E-state index is 12.2. The molecule has 0 atom stereocenters. The molecule has 0 saturated carbocycles. The first-order valence-corrected chi connectivity index (χ1v) is 7.53. The second kappa shape index (κ2) is 7.66. The van der Waals surface area contributed by atoms with E-state index in [2.05, 4.69) is 31.7 Å². The van der Waals surface area contributed by atoms with Crippen molar-refractivity contribution < 1.29 is 4.79 Å². The number of rotatable bonds is 5. The molecule has 0 aliphatic heterocycles. The van der Waals surface area contributed by atoms with Crippen LogP contribution in [0.15, 0.2) is 60.9 Å². The molecule has 2 N–H and O–H groups in total. The standard InChI is InChI=1S/C18H14N6O/c19-11-13-5-1-2-7-15(13)23-18-21-10-8-16(24-18)17(25)22-12-14-6-3-4-9-20-14/h1-10H,12H2,(H,22,25)(H,21,23,24). The Labute approximate surface area is 144 Å². The first-order valence-electron chi connectivity index (χ1n) is 7.53. The summed E-state index contributed by atoms with van der Waals surface area (Å²) in [5.74, 6) is -0.0853. The molecule has 2 aromatic heterocycles. The lowest BCUT2D eigenvalue weighted by molar-refractivity contribution is 0.0945. The van der Waals surface area contributed by atoms with Crippen molar-refractivity contribution in [2.24, 2.45) is 0 Å². The number of hydrogen-bond acceptors (Lipinski definition) is 6. The highest BCUT2D eigenvalue weighted by Gasteiger charge is 2.10. The molecular formula is C18H14N6O.